The van der Waals surface area contributed by atoms with Gasteiger partial charge in [0.15, 0.2) is 0 Å². The third-order valence-electron chi connectivity index (χ3n) is 2.85. The van der Waals surface area contributed by atoms with Gasteiger partial charge in [0.2, 0.25) is 0 Å². The van der Waals surface area contributed by atoms with Crippen LogP contribution < -0.4 is 10.1 Å². The van der Waals surface area contributed by atoms with Gasteiger partial charge in [0.25, 0.3) is 5.91 Å². The number of aryl methyl sites for hydroxylation is 1. The molecule has 0 bridgehead atoms. The smallest absolute Gasteiger partial charge is 0.258 e. The zero-order valence-corrected chi connectivity index (χ0v) is 13.6. The Kier molecular flexibility index (Phi) is 5.33. The quantitative estimate of drug-likeness (QED) is 0.824. The first-order chi connectivity index (χ1) is 10.1. The Morgan fingerprint density at radius 1 is 1.38 bits per heavy atom. The number of carbonyl (C=O) groups is 1. The molecule has 0 saturated heterocycles. The second-order valence-electron chi connectivity index (χ2n) is 4.64. The number of nitrogens with one attached hydrogen (secondary N) is 1. The molecule has 0 aliphatic rings. The average Bonchev–Trinajstić information content (AvgIpc) is 2.47. The van der Waals surface area contributed by atoms with Crippen molar-refractivity contribution in [1.29, 1.82) is 0 Å². The molecule has 2 aromatic rings. The van der Waals surface area contributed by atoms with Crippen LogP contribution in [-0.4, -0.2) is 17.5 Å². The summed E-state index contributed by atoms with van der Waals surface area (Å²) in [5.41, 5.74) is 2.23. The number of hydrogen-bond acceptors (Lipinski definition) is 3. The van der Waals surface area contributed by atoms with E-state index in [1.54, 1.807) is 18.3 Å². The van der Waals surface area contributed by atoms with Crippen LogP contribution in [0.25, 0.3) is 0 Å². The minimum Gasteiger partial charge on any atom is -0.491 e. The van der Waals surface area contributed by atoms with Crippen LogP contribution in [0.2, 0.25) is 0 Å². The maximum Gasteiger partial charge on any atom is 0.258 e. The van der Waals surface area contributed by atoms with Gasteiger partial charge < -0.3 is 10.1 Å². The molecule has 0 unspecified atom stereocenters. The van der Waals surface area contributed by atoms with Crippen LogP contribution in [0, 0.1) is 6.92 Å². The second kappa shape index (κ2) is 7.22. The predicted octanol–water partition coefficient (Wildman–Crippen LogP) is 4.19. The normalized spacial score (nSPS) is 10.2. The van der Waals surface area contributed by atoms with E-state index in [0.29, 0.717) is 28.2 Å². The number of amides is 1. The van der Waals surface area contributed by atoms with Gasteiger partial charge in [0, 0.05) is 6.20 Å². The summed E-state index contributed by atoms with van der Waals surface area (Å²) in [4.78, 5) is 16.4. The SMILES string of the molecule is CCCOc1cc(C)ccc1NC(=O)c1cccnc1Br. The Balaban J connectivity index is 2.23. The summed E-state index contributed by atoms with van der Waals surface area (Å²) in [6.45, 7) is 4.64. The molecular formula is C16H17BrN2O2. The number of carbonyl (C=O) groups excluding carboxylic acids is 1. The predicted molar refractivity (Wildman–Crippen MR) is 86.9 cm³/mol. The van der Waals surface area contributed by atoms with Gasteiger partial charge in [-0.2, -0.15) is 0 Å². The molecule has 0 spiro atoms. The van der Waals surface area contributed by atoms with Crippen molar-refractivity contribution < 1.29 is 9.53 Å². The van der Waals surface area contributed by atoms with Crippen LogP contribution in [0.5, 0.6) is 5.75 Å². The van der Waals surface area contributed by atoms with Gasteiger partial charge in [-0.3, -0.25) is 4.79 Å². The summed E-state index contributed by atoms with van der Waals surface area (Å²) in [6.07, 6.45) is 2.54. The lowest BCUT2D eigenvalue weighted by atomic mass is 10.2. The number of ether oxygens (including phenoxy) is 1. The molecule has 2 rings (SSSR count). The second-order valence-corrected chi connectivity index (χ2v) is 5.40. The Morgan fingerprint density at radius 2 is 2.19 bits per heavy atom. The molecular weight excluding hydrogens is 332 g/mol. The summed E-state index contributed by atoms with van der Waals surface area (Å²) in [7, 11) is 0. The minimum atomic E-state index is -0.222. The van der Waals surface area contributed by atoms with Crippen LogP contribution in [0.4, 0.5) is 5.69 Å². The van der Waals surface area contributed by atoms with Gasteiger partial charge in [-0.25, -0.2) is 4.98 Å². The van der Waals surface area contributed by atoms with Gasteiger partial charge in [-0.1, -0.05) is 13.0 Å². The lowest BCUT2D eigenvalue weighted by Crippen LogP contribution is -2.14. The standard InChI is InChI=1S/C16H17BrN2O2/c1-3-9-21-14-10-11(2)6-7-13(14)19-16(20)12-5-4-8-18-15(12)17/h4-8,10H,3,9H2,1-2H3,(H,19,20). The zero-order chi connectivity index (χ0) is 15.2. The maximum atomic E-state index is 12.3. The molecule has 1 amide bonds. The van der Waals surface area contributed by atoms with Gasteiger partial charge in [0.05, 0.1) is 17.9 Å². The van der Waals surface area contributed by atoms with Crippen LogP contribution >= 0.6 is 15.9 Å². The van der Waals surface area contributed by atoms with Gasteiger partial charge in [-0.05, 0) is 59.1 Å². The van der Waals surface area contributed by atoms with Crippen molar-refractivity contribution in [1.82, 2.24) is 4.98 Å². The number of aromatic nitrogens is 1. The van der Waals surface area contributed by atoms with E-state index in [1.165, 1.54) is 0 Å². The molecule has 5 heteroatoms. The molecule has 0 saturated carbocycles. The molecule has 4 nitrogen and oxygen atoms in total. The molecule has 1 heterocycles. The molecule has 110 valence electrons. The van der Waals surface area contributed by atoms with Gasteiger partial charge >= 0.3 is 0 Å². The van der Waals surface area contributed by atoms with Gasteiger partial charge in [-0.15, -0.1) is 0 Å². The van der Waals surface area contributed by atoms with Crippen molar-refractivity contribution in [3.8, 4) is 5.75 Å². The molecule has 1 N–H and O–H groups in total. The number of anilines is 1. The molecule has 1 aromatic carbocycles. The number of nitrogens with zero attached hydrogens (tertiary/aromatic N) is 1. The van der Waals surface area contributed by atoms with E-state index >= 15 is 0 Å². The lowest BCUT2D eigenvalue weighted by molar-refractivity contribution is 0.102. The third kappa shape index (κ3) is 4.04. The van der Waals surface area contributed by atoms with E-state index in [2.05, 4.69) is 26.2 Å². The van der Waals surface area contributed by atoms with Crippen molar-refractivity contribution in [2.45, 2.75) is 20.3 Å². The lowest BCUT2D eigenvalue weighted by Gasteiger charge is -2.13. The van der Waals surface area contributed by atoms with Crippen LogP contribution in [0.1, 0.15) is 29.3 Å². The Bertz CT molecular complexity index is 644. The van der Waals surface area contributed by atoms with E-state index in [9.17, 15) is 4.79 Å². The van der Waals surface area contributed by atoms with E-state index in [1.807, 2.05) is 32.0 Å². The summed E-state index contributed by atoms with van der Waals surface area (Å²) in [6, 6.07) is 9.15. The van der Waals surface area contributed by atoms with Crippen molar-refractivity contribution >= 4 is 27.5 Å². The topological polar surface area (TPSA) is 51.2 Å². The van der Waals surface area contributed by atoms with Crippen LogP contribution in [0.15, 0.2) is 41.1 Å². The van der Waals surface area contributed by atoms with Crippen molar-refractivity contribution in [2.24, 2.45) is 0 Å². The number of hydrogen-bond donors (Lipinski definition) is 1. The van der Waals surface area contributed by atoms with E-state index in [-0.39, 0.29) is 5.91 Å². The first-order valence-electron chi connectivity index (χ1n) is 6.77. The molecule has 0 atom stereocenters. The van der Waals surface area contributed by atoms with Crippen molar-refractivity contribution in [3.63, 3.8) is 0 Å². The summed E-state index contributed by atoms with van der Waals surface area (Å²) < 4.78 is 6.21. The fourth-order valence-corrected chi connectivity index (χ4v) is 2.24. The molecule has 21 heavy (non-hydrogen) atoms. The van der Waals surface area contributed by atoms with Crippen molar-refractivity contribution in [2.75, 3.05) is 11.9 Å². The van der Waals surface area contributed by atoms with Crippen LogP contribution in [-0.2, 0) is 0 Å². The fraction of sp³-hybridized carbons (Fsp3) is 0.250. The number of pyridine rings is 1. The Morgan fingerprint density at radius 3 is 2.90 bits per heavy atom. The monoisotopic (exact) mass is 348 g/mol. The third-order valence-corrected chi connectivity index (χ3v) is 3.48. The number of benzene rings is 1. The van der Waals surface area contributed by atoms with Gasteiger partial charge in [0.1, 0.15) is 10.4 Å². The molecule has 0 radical (unpaired) electrons. The average molecular weight is 349 g/mol. The summed E-state index contributed by atoms with van der Waals surface area (Å²) >= 11 is 3.28. The first kappa shape index (κ1) is 15.5. The molecule has 0 aliphatic heterocycles. The molecule has 1 aromatic heterocycles. The highest BCUT2D eigenvalue weighted by Gasteiger charge is 2.13. The Hall–Kier alpha value is -1.88. The van der Waals surface area contributed by atoms with E-state index < -0.39 is 0 Å². The molecule has 0 fully saturated rings. The van der Waals surface area contributed by atoms with E-state index in [4.69, 9.17) is 4.74 Å². The minimum absolute atomic E-state index is 0.222. The highest BCUT2D eigenvalue weighted by atomic mass is 79.9. The largest absolute Gasteiger partial charge is 0.491 e. The zero-order valence-electron chi connectivity index (χ0n) is 12.0. The summed E-state index contributed by atoms with van der Waals surface area (Å²) in [5.74, 6) is 0.463. The van der Waals surface area contributed by atoms with Crippen LogP contribution in [0.3, 0.4) is 0 Å². The maximum absolute atomic E-state index is 12.3. The first-order valence-corrected chi connectivity index (χ1v) is 7.56. The summed E-state index contributed by atoms with van der Waals surface area (Å²) in [5, 5.41) is 2.87. The Labute approximate surface area is 132 Å². The highest BCUT2D eigenvalue weighted by molar-refractivity contribution is 9.10. The highest BCUT2D eigenvalue weighted by Crippen LogP contribution is 2.27. The number of halogens is 1. The molecule has 0 aliphatic carbocycles. The van der Waals surface area contributed by atoms with E-state index in [0.717, 1.165) is 12.0 Å². The number of rotatable bonds is 5. The fourth-order valence-electron chi connectivity index (χ4n) is 1.81. The van der Waals surface area contributed by atoms with Crippen molar-refractivity contribution in [3.05, 3.63) is 52.3 Å².